The molecule has 3 aromatic rings. The molecule has 2 saturated carbocycles. The SMILES string of the molecule is CC1CCC(N(C)c2ccc(SC3CC3)cc2-c2cn(C)c(=O)c3[nH]ccc23)CC1. The van der Waals surface area contributed by atoms with Gasteiger partial charge < -0.3 is 14.5 Å². The highest BCUT2D eigenvalue weighted by Crippen LogP contribution is 2.44. The molecule has 1 aromatic carbocycles. The third kappa shape index (κ3) is 3.68. The predicted molar refractivity (Wildman–Crippen MR) is 128 cm³/mol. The number of nitrogens with one attached hydrogen (secondary N) is 1. The first-order valence-electron chi connectivity index (χ1n) is 11.2. The molecule has 4 nitrogen and oxygen atoms in total. The average molecular weight is 422 g/mol. The molecule has 1 N–H and O–H groups in total. The number of thioether (sulfide) groups is 1. The number of aromatic nitrogens is 2. The maximum absolute atomic E-state index is 12.6. The highest BCUT2D eigenvalue weighted by Gasteiger charge is 2.26. The lowest BCUT2D eigenvalue weighted by molar-refractivity contribution is 0.341. The molecule has 0 atom stereocenters. The Morgan fingerprint density at radius 3 is 2.57 bits per heavy atom. The number of aromatic amines is 1. The Balaban J connectivity index is 1.63. The summed E-state index contributed by atoms with van der Waals surface area (Å²) in [5.41, 5.74) is 4.37. The van der Waals surface area contributed by atoms with Gasteiger partial charge in [-0.2, -0.15) is 0 Å². The minimum atomic E-state index is 0.0263. The summed E-state index contributed by atoms with van der Waals surface area (Å²) in [5, 5.41) is 1.78. The molecule has 5 rings (SSSR count). The highest BCUT2D eigenvalue weighted by atomic mass is 32.2. The number of hydrogen-bond donors (Lipinski definition) is 1. The van der Waals surface area contributed by atoms with Gasteiger partial charge in [0.25, 0.3) is 5.56 Å². The average Bonchev–Trinajstić information content (AvgIpc) is 3.42. The van der Waals surface area contributed by atoms with Crippen LogP contribution in [0.25, 0.3) is 22.0 Å². The molecule has 5 heteroatoms. The fourth-order valence-electron chi connectivity index (χ4n) is 4.80. The van der Waals surface area contributed by atoms with E-state index in [4.69, 9.17) is 0 Å². The van der Waals surface area contributed by atoms with Crippen molar-refractivity contribution in [1.82, 2.24) is 9.55 Å². The van der Waals surface area contributed by atoms with Crippen LogP contribution < -0.4 is 10.5 Å². The molecule has 30 heavy (non-hydrogen) atoms. The van der Waals surface area contributed by atoms with Crippen molar-refractivity contribution in [3.8, 4) is 11.1 Å². The number of H-pyrrole nitrogens is 1. The van der Waals surface area contributed by atoms with E-state index >= 15 is 0 Å². The topological polar surface area (TPSA) is 41.0 Å². The predicted octanol–water partition coefficient (Wildman–Crippen LogP) is 5.80. The van der Waals surface area contributed by atoms with Gasteiger partial charge in [-0.15, -0.1) is 11.8 Å². The standard InChI is InChI=1S/C25H31N3OS/c1-16-4-6-17(7-5-16)28(3)23-11-10-19(30-18-8-9-18)14-21(23)22-15-27(2)25(29)24-20(22)12-13-26-24/h10-18,26H,4-9H2,1-3H3. The molecular weight excluding hydrogens is 390 g/mol. The van der Waals surface area contributed by atoms with Crippen LogP contribution in [0, 0.1) is 5.92 Å². The number of anilines is 1. The maximum Gasteiger partial charge on any atom is 0.274 e. The van der Waals surface area contributed by atoms with Crippen molar-refractivity contribution in [3.05, 3.63) is 47.0 Å². The lowest BCUT2D eigenvalue weighted by atomic mass is 9.86. The molecule has 2 aliphatic rings. The number of pyridine rings is 1. The second-order valence-electron chi connectivity index (χ2n) is 9.25. The van der Waals surface area contributed by atoms with Crippen LogP contribution in [-0.4, -0.2) is 27.9 Å². The van der Waals surface area contributed by atoms with E-state index in [1.165, 1.54) is 54.7 Å². The van der Waals surface area contributed by atoms with Crippen molar-refractivity contribution in [1.29, 1.82) is 0 Å². The Bertz CT molecular complexity index is 1120. The third-order valence-electron chi connectivity index (χ3n) is 6.89. The van der Waals surface area contributed by atoms with E-state index in [0.29, 0.717) is 11.6 Å². The number of benzene rings is 1. The Kier molecular flexibility index (Phi) is 5.18. The first-order chi connectivity index (χ1) is 14.5. The summed E-state index contributed by atoms with van der Waals surface area (Å²) in [6.45, 7) is 2.37. The molecule has 2 fully saturated rings. The van der Waals surface area contributed by atoms with Gasteiger partial charge in [-0.05, 0) is 68.7 Å². The third-order valence-corrected chi connectivity index (χ3v) is 8.22. The quantitative estimate of drug-likeness (QED) is 0.566. The van der Waals surface area contributed by atoms with Gasteiger partial charge in [0, 0.05) is 64.9 Å². The van der Waals surface area contributed by atoms with Crippen LogP contribution in [0.1, 0.15) is 45.4 Å². The van der Waals surface area contributed by atoms with Crippen LogP contribution in [0.4, 0.5) is 5.69 Å². The number of nitrogens with zero attached hydrogens (tertiary/aromatic N) is 2. The number of aryl methyl sites for hydroxylation is 1. The van der Waals surface area contributed by atoms with Crippen molar-refractivity contribution in [3.63, 3.8) is 0 Å². The van der Waals surface area contributed by atoms with Crippen LogP contribution in [0.15, 0.2) is 46.3 Å². The van der Waals surface area contributed by atoms with Crippen LogP contribution in [0.5, 0.6) is 0 Å². The Morgan fingerprint density at radius 2 is 1.83 bits per heavy atom. The summed E-state index contributed by atoms with van der Waals surface area (Å²) < 4.78 is 1.71. The van der Waals surface area contributed by atoms with Crippen LogP contribution in [-0.2, 0) is 7.05 Å². The summed E-state index contributed by atoms with van der Waals surface area (Å²) in [5.74, 6) is 0.842. The van der Waals surface area contributed by atoms with Gasteiger partial charge in [0.15, 0.2) is 0 Å². The van der Waals surface area contributed by atoms with E-state index in [2.05, 4.69) is 42.1 Å². The first-order valence-corrected chi connectivity index (χ1v) is 12.1. The minimum absolute atomic E-state index is 0.0263. The van der Waals surface area contributed by atoms with Crippen molar-refractivity contribution in [2.24, 2.45) is 13.0 Å². The molecule has 0 aliphatic heterocycles. The second kappa shape index (κ2) is 7.84. The Hall–Kier alpha value is -2.14. The molecule has 0 radical (unpaired) electrons. The Morgan fingerprint density at radius 1 is 1.07 bits per heavy atom. The van der Waals surface area contributed by atoms with Crippen molar-refractivity contribution in [2.45, 2.75) is 61.6 Å². The zero-order chi connectivity index (χ0) is 20.8. The molecular formula is C25H31N3OS. The molecule has 0 saturated heterocycles. The minimum Gasteiger partial charge on any atom is -0.371 e. The largest absolute Gasteiger partial charge is 0.371 e. The van der Waals surface area contributed by atoms with Crippen molar-refractivity contribution >= 4 is 28.4 Å². The summed E-state index contributed by atoms with van der Waals surface area (Å²) in [6.07, 6.45) is 11.7. The first kappa shape index (κ1) is 19.8. The van der Waals surface area contributed by atoms with E-state index < -0.39 is 0 Å². The number of rotatable bonds is 5. The van der Waals surface area contributed by atoms with E-state index in [1.807, 2.05) is 37.3 Å². The number of hydrogen-bond acceptors (Lipinski definition) is 3. The molecule has 158 valence electrons. The van der Waals surface area contributed by atoms with Gasteiger partial charge in [0.2, 0.25) is 0 Å². The Labute approximate surface area is 182 Å². The lowest BCUT2D eigenvalue weighted by Gasteiger charge is -2.36. The molecule has 2 aliphatic carbocycles. The van der Waals surface area contributed by atoms with E-state index in [0.717, 1.165) is 22.1 Å². The monoisotopic (exact) mass is 421 g/mol. The van der Waals surface area contributed by atoms with Gasteiger partial charge >= 0.3 is 0 Å². The van der Waals surface area contributed by atoms with Crippen LogP contribution in [0.2, 0.25) is 0 Å². The lowest BCUT2D eigenvalue weighted by Crippen LogP contribution is -2.35. The van der Waals surface area contributed by atoms with Gasteiger partial charge in [0.1, 0.15) is 5.52 Å². The van der Waals surface area contributed by atoms with E-state index in [-0.39, 0.29) is 5.56 Å². The molecule has 0 spiro atoms. The number of fused-ring (bicyclic) bond motifs is 1. The summed E-state index contributed by atoms with van der Waals surface area (Å²) >= 11 is 1.99. The van der Waals surface area contributed by atoms with Crippen LogP contribution in [0.3, 0.4) is 0 Å². The van der Waals surface area contributed by atoms with Gasteiger partial charge in [-0.25, -0.2) is 0 Å². The van der Waals surface area contributed by atoms with Gasteiger partial charge in [-0.3, -0.25) is 4.79 Å². The zero-order valence-corrected chi connectivity index (χ0v) is 19.0. The molecule has 0 amide bonds. The van der Waals surface area contributed by atoms with E-state index in [9.17, 15) is 4.79 Å². The van der Waals surface area contributed by atoms with Crippen molar-refractivity contribution < 1.29 is 0 Å². The molecule has 2 heterocycles. The zero-order valence-electron chi connectivity index (χ0n) is 18.1. The maximum atomic E-state index is 12.6. The van der Waals surface area contributed by atoms with Gasteiger partial charge in [0.05, 0.1) is 0 Å². The summed E-state index contributed by atoms with van der Waals surface area (Å²) in [6, 6.07) is 9.57. The van der Waals surface area contributed by atoms with E-state index in [1.54, 1.807) is 4.57 Å². The normalized spacial score (nSPS) is 21.8. The van der Waals surface area contributed by atoms with Gasteiger partial charge in [-0.1, -0.05) is 6.92 Å². The summed E-state index contributed by atoms with van der Waals surface area (Å²) in [7, 11) is 4.10. The molecule has 0 bridgehead atoms. The second-order valence-corrected chi connectivity index (χ2v) is 10.6. The highest BCUT2D eigenvalue weighted by molar-refractivity contribution is 8.00. The fraction of sp³-hybridized carbons (Fsp3) is 0.480. The molecule has 2 aromatic heterocycles. The molecule has 0 unspecified atom stereocenters. The fourth-order valence-corrected chi connectivity index (χ4v) is 5.89. The smallest absolute Gasteiger partial charge is 0.274 e. The van der Waals surface area contributed by atoms with Crippen molar-refractivity contribution in [2.75, 3.05) is 11.9 Å². The summed E-state index contributed by atoms with van der Waals surface area (Å²) in [4.78, 5) is 19.6. The van der Waals surface area contributed by atoms with Crippen LogP contribution >= 0.6 is 11.8 Å².